The van der Waals surface area contributed by atoms with Crippen molar-refractivity contribution in [2.75, 3.05) is 0 Å². The first-order valence-electron chi connectivity index (χ1n) is 11.0. The van der Waals surface area contributed by atoms with Gasteiger partial charge in [0, 0.05) is 33.8 Å². The highest BCUT2D eigenvalue weighted by Crippen LogP contribution is 2.24. The van der Waals surface area contributed by atoms with Gasteiger partial charge in [0.1, 0.15) is 0 Å². The van der Waals surface area contributed by atoms with Crippen LogP contribution >= 0.6 is 28.6 Å². The molecule has 0 aliphatic carbocycles. The summed E-state index contributed by atoms with van der Waals surface area (Å²) in [6.07, 6.45) is 0. The summed E-state index contributed by atoms with van der Waals surface area (Å²) >= 11 is 6.46. The minimum Gasteiger partial charge on any atom is -0.296 e. The standard InChI is InChI=1S/C23H21ClN8O5.BrH/c1-11-6-8-12(9-7-11)13(33)10-31-14-16(27(2)22(36)29(4)18(14)34)26-21(31)32-15-17(25-20(32)24)28(3)23(37)30(5)19(15)35;/h6-9H,10H2,1-5H3;1H. The number of imidazole rings is 2. The number of carbonyl (C=O) groups excluding carboxylic acids is 1. The van der Waals surface area contributed by atoms with Crippen molar-refractivity contribution in [2.24, 2.45) is 28.2 Å². The molecule has 0 N–H and O–H groups in total. The number of hydrogen-bond acceptors (Lipinski definition) is 7. The second-order valence-corrected chi connectivity index (χ2v) is 9.10. The van der Waals surface area contributed by atoms with Crippen LogP contribution in [0.15, 0.2) is 43.4 Å². The van der Waals surface area contributed by atoms with E-state index in [1.165, 1.54) is 37.3 Å². The van der Waals surface area contributed by atoms with Gasteiger partial charge in [-0.15, -0.1) is 17.0 Å². The molecule has 0 amide bonds. The van der Waals surface area contributed by atoms with Crippen LogP contribution in [0.4, 0.5) is 0 Å². The maximum Gasteiger partial charge on any atom is 0.332 e. The highest BCUT2D eigenvalue weighted by atomic mass is 79.9. The number of carbonyl (C=O) groups is 1. The third-order valence-corrected chi connectivity index (χ3v) is 6.67. The average molecular weight is 606 g/mol. The Morgan fingerprint density at radius 2 is 1.29 bits per heavy atom. The number of rotatable bonds is 4. The Labute approximate surface area is 228 Å². The number of nitrogens with zero attached hydrogens (tertiary/aromatic N) is 8. The van der Waals surface area contributed by atoms with Crippen molar-refractivity contribution in [1.29, 1.82) is 0 Å². The van der Waals surface area contributed by atoms with Gasteiger partial charge >= 0.3 is 11.4 Å². The van der Waals surface area contributed by atoms with E-state index < -0.39 is 22.5 Å². The van der Waals surface area contributed by atoms with E-state index in [-0.39, 0.29) is 62.9 Å². The van der Waals surface area contributed by atoms with E-state index in [2.05, 4.69) is 9.97 Å². The van der Waals surface area contributed by atoms with Gasteiger partial charge in [-0.05, 0) is 18.5 Å². The molecule has 0 saturated carbocycles. The summed E-state index contributed by atoms with van der Waals surface area (Å²) in [6.45, 7) is 1.53. The molecule has 0 fully saturated rings. The van der Waals surface area contributed by atoms with Crippen LogP contribution in [-0.2, 0) is 34.7 Å². The Balaban J connectivity index is 0.00000336. The lowest BCUT2D eigenvalue weighted by molar-refractivity contribution is 0.0973. The molecular weight excluding hydrogens is 584 g/mol. The minimum atomic E-state index is -0.706. The lowest BCUT2D eigenvalue weighted by Gasteiger charge is -2.11. The van der Waals surface area contributed by atoms with Gasteiger partial charge in [-0.2, -0.15) is 9.97 Å². The van der Waals surface area contributed by atoms with E-state index in [0.29, 0.717) is 5.56 Å². The molecule has 1 aromatic carbocycles. The Bertz CT molecular complexity index is 2020. The third kappa shape index (κ3) is 3.79. The summed E-state index contributed by atoms with van der Waals surface area (Å²) in [7, 11) is 5.48. The molecule has 13 nitrogen and oxygen atoms in total. The average Bonchev–Trinajstić information content (AvgIpc) is 3.41. The molecule has 4 aromatic heterocycles. The third-order valence-electron chi connectivity index (χ3n) is 6.42. The maximum atomic E-state index is 13.3. The smallest absolute Gasteiger partial charge is 0.296 e. The molecule has 5 aromatic rings. The van der Waals surface area contributed by atoms with E-state index in [0.717, 1.165) is 23.8 Å². The Hall–Kier alpha value is -4.04. The first-order valence-corrected chi connectivity index (χ1v) is 11.4. The highest BCUT2D eigenvalue weighted by Gasteiger charge is 2.27. The van der Waals surface area contributed by atoms with E-state index in [1.807, 2.05) is 6.92 Å². The van der Waals surface area contributed by atoms with Gasteiger partial charge < -0.3 is 0 Å². The first kappa shape index (κ1) is 27.0. The minimum absolute atomic E-state index is 0. The fourth-order valence-corrected chi connectivity index (χ4v) is 4.52. The number of aryl methyl sites for hydroxylation is 3. The van der Waals surface area contributed by atoms with E-state index in [9.17, 15) is 24.0 Å². The SMILES string of the molecule is Br.Cc1ccc(C(=O)Cn2c(-n3c(Cl)nc4c3c(=O)n(C)c(=O)n4C)nc3c2c(=O)n(C)c(=O)n3C)cc1. The second kappa shape index (κ2) is 9.36. The predicted octanol–water partition coefficient (Wildman–Crippen LogP) is 0.593. The van der Waals surface area contributed by atoms with Crippen LogP contribution in [0, 0.1) is 6.92 Å². The van der Waals surface area contributed by atoms with Crippen molar-refractivity contribution in [1.82, 2.24) is 37.4 Å². The van der Waals surface area contributed by atoms with Crippen LogP contribution < -0.4 is 22.5 Å². The van der Waals surface area contributed by atoms with Crippen LogP contribution in [0.3, 0.4) is 0 Å². The Morgan fingerprint density at radius 1 is 0.789 bits per heavy atom. The van der Waals surface area contributed by atoms with Gasteiger partial charge in [0.15, 0.2) is 28.1 Å². The Morgan fingerprint density at radius 3 is 1.84 bits per heavy atom. The normalized spacial score (nSPS) is 11.3. The summed E-state index contributed by atoms with van der Waals surface area (Å²) in [4.78, 5) is 73.4. The van der Waals surface area contributed by atoms with Crippen LogP contribution in [0.5, 0.6) is 0 Å². The zero-order valence-corrected chi connectivity index (χ0v) is 23.4. The quantitative estimate of drug-likeness (QED) is 0.216. The van der Waals surface area contributed by atoms with E-state index in [4.69, 9.17) is 11.6 Å². The number of hydrogen-bond donors (Lipinski definition) is 0. The molecule has 0 saturated heterocycles. The molecular formula is C23H22BrClN8O5. The Kier molecular flexibility index (Phi) is 6.66. The number of halogens is 2. The van der Waals surface area contributed by atoms with Crippen LogP contribution in [0.2, 0.25) is 5.28 Å². The molecule has 0 spiro atoms. The molecule has 0 aliphatic heterocycles. The van der Waals surface area contributed by atoms with Crippen molar-refractivity contribution in [2.45, 2.75) is 13.5 Å². The molecule has 0 aliphatic rings. The molecule has 15 heteroatoms. The molecule has 0 bridgehead atoms. The summed E-state index contributed by atoms with van der Waals surface area (Å²) < 4.78 is 6.57. The van der Waals surface area contributed by atoms with Gasteiger partial charge in [-0.3, -0.25) is 37.2 Å². The van der Waals surface area contributed by atoms with E-state index in [1.54, 1.807) is 24.3 Å². The number of benzene rings is 1. The summed E-state index contributed by atoms with van der Waals surface area (Å²) in [5.74, 6) is -0.436. The fraction of sp³-hybridized carbons (Fsp3) is 0.261. The number of fused-ring (bicyclic) bond motifs is 2. The van der Waals surface area contributed by atoms with Crippen molar-refractivity contribution in [3.63, 3.8) is 0 Å². The van der Waals surface area contributed by atoms with Crippen molar-refractivity contribution in [3.8, 4) is 5.95 Å². The predicted molar refractivity (Wildman–Crippen MR) is 146 cm³/mol. The number of Topliss-reactive ketones (excluding diaryl/α,β-unsaturated/α-hetero) is 1. The summed E-state index contributed by atoms with van der Waals surface area (Å²) in [5.41, 5.74) is -1.43. The summed E-state index contributed by atoms with van der Waals surface area (Å²) in [6, 6.07) is 6.89. The molecule has 0 radical (unpaired) electrons. The molecule has 4 heterocycles. The topological polar surface area (TPSA) is 141 Å². The number of ketones is 1. The van der Waals surface area contributed by atoms with Crippen molar-refractivity contribution >= 4 is 56.7 Å². The molecule has 5 rings (SSSR count). The first-order chi connectivity index (χ1) is 17.4. The molecule has 0 atom stereocenters. The second-order valence-electron chi connectivity index (χ2n) is 8.76. The van der Waals surface area contributed by atoms with Crippen molar-refractivity contribution in [3.05, 3.63) is 82.4 Å². The van der Waals surface area contributed by atoms with Crippen LogP contribution in [0.25, 0.3) is 28.3 Å². The zero-order valence-electron chi connectivity index (χ0n) is 20.9. The van der Waals surface area contributed by atoms with Gasteiger partial charge in [0.25, 0.3) is 11.1 Å². The van der Waals surface area contributed by atoms with Gasteiger partial charge in [-0.25, -0.2) is 14.2 Å². The number of aromatic nitrogens is 8. The molecule has 38 heavy (non-hydrogen) atoms. The molecule has 198 valence electrons. The van der Waals surface area contributed by atoms with Crippen molar-refractivity contribution < 1.29 is 4.79 Å². The van der Waals surface area contributed by atoms with Gasteiger partial charge in [0.2, 0.25) is 11.2 Å². The van der Waals surface area contributed by atoms with Gasteiger partial charge in [-0.1, -0.05) is 29.8 Å². The summed E-state index contributed by atoms with van der Waals surface area (Å²) in [5, 5.41) is -0.227. The highest BCUT2D eigenvalue weighted by molar-refractivity contribution is 8.93. The zero-order chi connectivity index (χ0) is 26.9. The maximum absolute atomic E-state index is 13.3. The monoisotopic (exact) mass is 604 g/mol. The molecule has 0 unspecified atom stereocenters. The van der Waals surface area contributed by atoms with Crippen LogP contribution in [-0.4, -0.2) is 43.2 Å². The lowest BCUT2D eigenvalue weighted by Crippen LogP contribution is -2.38. The lowest BCUT2D eigenvalue weighted by atomic mass is 10.1. The largest absolute Gasteiger partial charge is 0.332 e. The fourth-order valence-electron chi connectivity index (χ4n) is 4.28. The van der Waals surface area contributed by atoms with Crippen LogP contribution in [0.1, 0.15) is 15.9 Å². The van der Waals surface area contributed by atoms with Gasteiger partial charge in [0.05, 0.1) is 6.54 Å². The van der Waals surface area contributed by atoms with E-state index >= 15 is 0 Å².